The summed E-state index contributed by atoms with van der Waals surface area (Å²) >= 11 is 0. The minimum absolute atomic E-state index is 0.509. The molecule has 1 saturated heterocycles. The van der Waals surface area contributed by atoms with Gasteiger partial charge < -0.3 is 14.9 Å². The van der Waals surface area contributed by atoms with Crippen LogP contribution in [-0.4, -0.2) is 34.5 Å². The van der Waals surface area contributed by atoms with Crippen LogP contribution in [0.25, 0.3) is 0 Å². The summed E-state index contributed by atoms with van der Waals surface area (Å²) in [6.07, 6.45) is 13.2. The number of unbranched alkanes of at least 4 members (excludes halogenated alkanes) is 11. The van der Waals surface area contributed by atoms with E-state index in [0.29, 0.717) is 6.42 Å². The highest BCUT2D eigenvalue weighted by atomic mass is 16.6. The van der Waals surface area contributed by atoms with Crippen molar-refractivity contribution in [3.05, 3.63) is 0 Å². The fraction of sp³-hybridized carbons (Fsp3) is 0.944. The van der Waals surface area contributed by atoms with Crippen LogP contribution in [-0.2, 0) is 9.53 Å². The molecule has 1 aliphatic rings. The van der Waals surface area contributed by atoms with Crippen molar-refractivity contribution in [1.29, 1.82) is 0 Å². The smallest absolute Gasteiger partial charge is 0.338 e. The molecule has 0 aromatic heterocycles. The monoisotopic (exact) mass is 314 g/mol. The van der Waals surface area contributed by atoms with Crippen LogP contribution in [0, 0.1) is 0 Å². The van der Waals surface area contributed by atoms with Crippen molar-refractivity contribution in [2.75, 3.05) is 0 Å². The molecule has 0 unspecified atom stereocenters. The van der Waals surface area contributed by atoms with Crippen LogP contribution in [0.1, 0.15) is 90.4 Å². The Bertz CT molecular complexity index is 293. The van der Waals surface area contributed by atoms with E-state index in [4.69, 9.17) is 4.74 Å². The number of hydrogen-bond donors (Lipinski definition) is 2. The molecule has 4 nitrogen and oxygen atoms in total. The summed E-state index contributed by atoms with van der Waals surface area (Å²) < 4.78 is 4.95. The molecule has 0 radical (unpaired) electrons. The van der Waals surface area contributed by atoms with Gasteiger partial charge in [0.1, 0.15) is 12.2 Å². The lowest BCUT2D eigenvalue weighted by Crippen LogP contribution is -2.30. The summed E-state index contributed by atoms with van der Waals surface area (Å²) in [5.41, 5.74) is 0. The third-order valence-electron chi connectivity index (χ3n) is 4.56. The van der Waals surface area contributed by atoms with Crippen molar-refractivity contribution in [2.24, 2.45) is 0 Å². The number of aliphatic hydroxyl groups excluding tert-OH is 2. The van der Waals surface area contributed by atoms with E-state index < -0.39 is 24.3 Å². The van der Waals surface area contributed by atoms with E-state index in [1.165, 1.54) is 64.2 Å². The van der Waals surface area contributed by atoms with Gasteiger partial charge >= 0.3 is 5.97 Å². The third-order valence-corrected chi connectivity index (χ3v) is 4.56. The Morgan fingerprint density at radius 2 is 1.27 bits per heavy atom. The molecule has 0 saturated carbocycles. The van der Waals surface area contributed by atoms with Gasteiger partial charge in [0.15, 0.2) is 6.10 Å². The second-order valence-corrected chi connectivity index (χ2v) is 6.59. The SMILES string of the molecule is CCCCCCCCCCCCCC[C@H]1OC(=O)[C@H](O)[C@H]1O. The van der Waals surface area contributed by atoms with Gasteiger partial charge in [0.2, 0.25) is 0 Å². The molecule has 0 aliphatic carbocycles. The number of ether oxygens (including phenoxy) is 1. The summed E-state index contributed by atoms with van der Waals surface area (Å²) in [6.45, 7) is 2.25. The molecule has 22 heavy (non-hydrogen) atoms. The van der Waals surface area contributed by atoms with Gasteiger partial charge in [-0.05, 0) is 12.8 Å². The predicted molar refractivity (Wildman–Crippen MR) is 87.6 cm³/mol. The highest BCUT2D eigenvalue weighted by Crippen LogP contribution is 2.21. The number of hydrogen-bond acceptors (Lipinski definition) is 4. The zero-order valence-electron chi connectivity index (χ0n) is 14.1. The fourth-order valence-corrected chi connectivity index (χ4v) is 3.05. The molecule has 130 valence electrons. The summed E-state index contributed by atoms with van der Waals surface area (Å²) in [5, 5.41) is 18.9. The van der Waals surface area contributed by atoms with Crippen LogP contribution in [0.15, 0.2) is 0 Å². The van der Waals surface area contributed by atoms with Crippen molar-refractivity contribution < 1.29 is 19.7 Å². The molecule has 1 fully saturated rings. The number of carbonyl (C=O) groups excluding carboxylic acids is 1. The Hall–Kier alpha value is -0.610. The van der Waals surface area contributed by atoms with E-state index in [2.05, 4.69) is 6.92 Å². The Balaban J connectivity index is 1.83. The molecular weight excluding hydrogens is 280 g/mol. The molecule has 0 amide bonds. The summed E-state index contributed by atoms with van der Waals surface area (Å²) in [4.78, 5) is 11.1. The first-order chi connectivity index (χ1) is 10.7. The first-order valence-electron chi connectivity index (χ1n) is 9.23. The minimum Gasteiger partial charge on any atom is -0.457 e. The maximum atomic E-state index is 11.1. The van der Waals surface area contributed by atoms with E-state index in [9.17, 15) is 15.0 Å². The Morgan fingerprint density at radius 3 is 1.68 bits per heavy atom. The molecule has 4 heteroatoms. The minimum atomic E-state index is -1.35. The molecule has 0 aromatic rings. The van der Waals surface area contributed by atoms with Crippen LogP contribution < -0.4 is 0 Å². The van der Waals surface area contributed by atoms with Crippen molar-refractivity contribution >= 4 is 5.97 Å². The Kier molecular flexibility index (Phi) is 10.5. The quantitative estimate of drug-likeness (QED) is 0.401. The van der Waals surface area contributed by atoms with E-state index in [0.717, 1.165) is 12.8 Å². The molecule has 2 N–H and O–H groups in total. The molecule has 0 bridgehead atoms. The average Bonchev–Trinajstić information content (AvgIpc) is 2.75. The van der Waals surface area contributed by atoms with Gasteiger partial charge in [-0.25, -0.2) is 4.79 Å². The predicted octanol–water partition coefficient (Wildman–Crippen LogP) is 3.72. The van der Waals surface area contributed by atoms with Crippen LogP contribution >= 0.6 is 0 Å². The van der Waals surface area contributed by atoms with Crippen LogP contribution in [0.2, 0.25) is 0 Å². The van der Waals surface area contributed by atoms with Crippen LogP contribution in [0.5, 0.6) is 0 Å². The zero-order chi connectivity index (χ0) is 16.2. The number of esters is 1. The van der Waals surface area contributed by atoms with Crippen LogP contribution in [0.3, 0.4) is 0 Å². The van der Waals surface area contributed by atoms with Gasteiger partial charge in [0, 0.05) is 0 Å². The largest absolute Gasteiger partial charge is 0.457 e. The van der Waals surface area contributed by atoms with Crippen molar-refractivity contribution in [3.8, 4) is 0 Å². The topological polar surface area (TPSA) is 66.8 Å². The molecule has 0 spiro atoms. The lowest BCUT2D eigenvalue weighted by molar-refractivity contribution is -0.147. The Labute approximate surface area is 135 Å². The summed E-state index contributed by atoms with van der Waals surface area (Å²) in [7, 11) is 0. The number of rotatable bonds is 13. The van der Waals surface area contributed by atoms with E-state index in [1.54, 1.807) is 0 Å². The number of cyclic esters (lactones) is 1. The van der Waals surface area contributed by atoms with Gasteiger partial charge in [-0.1, -0.05) is 77.6 Å². The first kappa shape index (κ1) is 19.4. The fourth-order valence-electron chi connectivity index (χ4n) is 3.05. The molecular formula is C18H34O4. The number of carbonyl (C=O) groups is 1. The molecule has 1 aliphatic heterocycles. The maximum Gasteiger partial charge on any atom is 0.338 e. The second-order valence-electron chi connectivity index (χ2n) is 6.59. The van der Waals surface area contributed by atoms with E-state index in [1.807, 2.05) is 0 Å². The lowest BCUT2D eigenvalue weighted by Gasteiger charge is -2.12. The van der Waals surface area contributed by atoms with Gasteiger partial charge in [-0.15, -0.1) is 0 Å². The molecule has 3 atom stereocenters. The molecule has 1 rings (SSSR count). The van der Waals surface area contributed by atoms with Crippen LogP contribution in [0.4, 0.5) is 0 Å². The highest BCUT2D eigenvalue weighted by Gasteiger charge is 2.41. The third kappa shape index (κ3) is 7.59. The van der Waals surface area contributed by atoms with Gasteiger partial charge in [-0.3, -0.25) is 0 Å². The van der Waals surface area contributed by atoms with Crippen molar-refractivity contribution in [2.45, 2.75) is 109 Å². The highest BCUT2D eigenvalue weighted by molar-refractivity contribution is 5.77. The standard InChI is InChI=1S/C18H34O4/c1-2-3-4-5-6-7-8-9-10-11-12-13-14-15-16(19)17(20)18(21)22-15/h15-17,19-20H,2-14H2,1H3/t15-,16+,17-/m1/s1. The van der Waals surface area contributed by atoms with Gasteiger partial charge in [-0.2, -0.15) is 0 Å². The first-order valence-corrected chi connectivity index (χ1v) is 9.23. The second kappa shape index (κ2) is 11.9. The maximum absolute atomic E-state index is 11.1. The van der Waals surface area contributed by atoms with Gasteiger partial charge in [0.25, 0.3) is 0 Å². The number of aliphatic hydroxyl groups is 2. The van der Waals surface area contributed by atoms with Crippen molar-refractivity contribution in [3.63, 3.8) is 0 Å². The molecule has 1 heterocycles. The average molecular weight is 314 g/mol. The lowest BCUT2D eigenvalue weighted by atomic mass is 10.0. The van der Waals surface area contributed by atoms with Gasteiger partial charge in [0.05, 0.1) is 0 Å². The summed E-state index contributed by atoms with van der Waals surface area (Å²) in [5.74, 6) is -0.684. The summed E-state index contributed by atoms with van der Waals surface area (Å²) in [6, 6.07) is 0. The van der Waals surface area contributed by atoms with E-state index >= 15 is 0 Å². The van der Waals surface area contributed by atoms with Crippen molar-refractivity contribution in [1.82, 2.24) is 0 Å². The van der Waals surface area contributed by atoms with E-state index in [-0.39, 0.29) is 0 Å². The molecule has 0 aromatic carbocycles. The Morgan fingerprint density at radius 1 is 0.818 bits per heavy atom. The zero-order valence-corrected chi connectivity index (χ0v) is 14.1. The normalized spacial score (nSPS) is 24.7.